The summed E-state index contributed by atoms with van der Waals surface area (Å²) in [6.07, 6.45) is 0. The van der Waals surface area contributed by atoms with E-state index in [-0.39, 0.29) is 0 Å². The Labute approximate surface area is 50.0 Å². The minimum atomic E-state index is 0.501. The molecule has 0 N–H and O–H groups in total. The van der Waals surface area contributed by atoms with Gasteiger partial charge in [-0.25, -0.2) is 0 Å². The van der Waals surface area contributed by atoms with Crippen molar-refractivity contribution in [3.63, 3.8) is 0 Å². The van der Waals surface area contributed by atoms with Gasteiger partial charge in [0.15, 0.2) is 0 Å². The standard InChI is InChI=1S/C3H8SeTe/c1-4-3-5-2/h3H2,1-2H3. The van der Waals surface area contributed by atoms with Gasteiger partial charge in [0, 0.05) is 0 Å². The van der Waals surface area contributed by atoms with Gasteiger partial charge >= 0.3 is 50.0 Å². The average molecular weight is 251 g/mol. The molecule has 0 nitrogen and oxygen atoms in total. The Bertz CT molecular complexity index is 14.4. The summed E-state index contributed by atoms with van der Waals surface area (Å²) in [6.45, 7) is 0. The fourth-order valence-electron chi connectivity index (χ4n) is 0.118. The van der Waals surface area contributed by atoms with E-state index in [0.29, 0.717) is 20.9 Å². The SMILES string of the molecule is C[Se]C[Te]C. The first-order valence-corrected chi connectivity index (χ1v) is 8.30. The molecular formula is C3H8SeTe. The minimum absolute atomic E-state index is 0.501. The predicted molar refractivity (Wildman–Crippen MR) is 28.0 cm³/mol. The summed E-state index contributed by atoms with van der Waals surface area (Å²) >= 11 is 1.48. The monoisotopic (exact) mass is 254 g/mol. The molecule has 0 aliphatic heterocycles. The van der Waals surface area contributed by atoms with Crippen LogP contribution >= 0.6 is 0 Å². The second kappa shape index (κ2) is 5.31. The summed E-state index contributed by atoms with van der Waals surface area (Å²) in [5, 5.41) is 0. The quantitative estimate of drug-likeness (QED) is 0.638. The zero-order valence-corrected chi connectivity index (χ0v) is 7.57. The Balaban J connectivity index is 2.19. The van der Waals surface area contributed by atoms with E-state index in [4.69, 9.17) is 0 Å². The van der Waals surface area contributed by atoms with E-state index in [9.17, 15) is 0 Å². The van der Waals surface area contributed by atoms with Gasteiger partial charge in [0.05, 0.1) is 0 Å². The molecule has 0 unspecified atom stereocenters. The van der Waals surface area contributed by atoms with Crippen LogP contribution < -0.4 is 0 Å². The Kier molecular flexibility index (Phi) is 6.70. The van der Waals surface area contributed by atoms with Gasteiger partial charge in [-0.1, -0.05) is 0 Å². The second-order valence-electron chi connectivity index (χ2n) is 0.695. The van der Waals surface area contributed by atoms with Crippen molar-refractivity contribution in [2.24, 2.45) is 0 Å². The molecule has 5 heavy (non-hydrogen) atoms. The van der Waals surface area contributed by atoms with Crippen LogP contribution in [0.3, 0.4) is 0 Å². The molecule has 0 aliphatic rings. The Hall–Kier alpha value is 1.31. The van der Waals surface area contributed by atoms with E-state index >= 15 is 0 Å². The molecule has 0 saturated carbocycles. The van der Waals surface area contributed by atoms with Crippen molar-refractivity contribution in [2.75, 3.05) is 0 Å². The van der Waals surface area contributed by atoms with Crippen molar-refractivity contribution >= 4 is 35.9 Å². The topological polar surface area (TPSA) is 0 Å². The van der Waals surface area contributed by atoms with Crippen molar-refractivity contribution in [1.29, 1.82) is 0 Å². The fraction of sp³-hybridized carbons (Fsp3) is 1.00. The zero-order chi connectivity index (χ0) is 4.12. The normalized spacial score (nSPS) is 8.40. The molecule has 0 radical (unpaired) electrons. The summed E-state index contributed by atoms with van der Waals surface area (Å²) in [4.78, 5) is 2.36. The van der Waals surface area contributed by atoms with Crippen molar-refractivity contribution in [3.8, 4) is 0 Å². The van der Waals surface area contributed by atoms with E-state index < -0.39 is 0 Å². The summed E-state index contributed by atoms with van der Waals surface area (Å²) < 4.78 is 1.58. The summed E-state index contributed by atoms with van der Waals surface area (Å²) in [5.74, 6) is 2.31. The summed E-state index contributed by atoms with van der Waals surface area (Å²) in [6, 6.07) is 0. The summed E-state index contributed by atoms with van der Waals surface area (Å²) in [5.41, 5.74) is 0. The first kappa shape index (κ1) is 6.31. The molecule has 32 valence electrons. The van der Waals surface area contributed by atoms with Crippen LogP contribution in [-0.4, -0.2) is 35.9 Å². The Morgan fingerprint density at radius 1 is 1.80 bits per heavy atom. The fourth-order valence-corrected chi connectivity index (χ4v) is 4.11. The Morgan fingerprint density at radius 2 is 2.40 bits per heavy atom. The van der Waals surface area contributed by atoms with Crippen LogP contribution in [0, 0.1) is 0 Å². The van der Waals surface area contributed by atoms with Gasteiger partial charge in [-0.3, -0.25) is 0 Å². The number of hydrogen-bond acceptors (Lipinski definition) is 0. The average Bonchev–Trinajstić information content (AvgIpc) is 1.41. The molecule has 0 saturated heterocycles. The molecular weight excluding hydrogens is 243 g/mol. The van der Waals surface area contributed by atoms with Gasteiger partial charge in [-0.15, -0.1) is 0 Å². The molecule has 0 amide bonds. The summed E-state index contributed by atoms with van der Waals surface area (Å²) in [7, 11) is 0. The van der Waals surface area contributed by atoms with Gasteiger partial charge in [-0.05, 0) is 0 Å². The first-order valence-electron chi connectivity index (χ1n) is 1.39. The third-order valence-electron chi connectivity index (χ3n) is 0.236. The predicted octanol–water partition coefficient (Wildman–Crippen LogP) is 0.867. The second-order valence-corrected chi connectivity index (χ2v) is 7.54. The van der Waals surface area contributed by atoms with Crippen LogP contribution in [0.2, 0.25) is 14.2 Å². The number of rotatable bonds is 2. The molecule has 0 rings (SSSR count). The van der Waals surface area contributed by atoms with Gasteiger partial charge in [0.25, 0.3) is 0 Å². The molecule has 2 heteroatoms. The molecule has 0 aromatic heterocycles. The van der Waals surface area contributed by atoms with Gasteiger partial charge < -0.3 is 0 Å². The zero-order valence-electron chi connectivity index (χ0n) is 3.52. The van der Waals surface area contributed by atoms with Crippen LogP contribution in [0.5, 0.6) is 0 Å². The van der Waals surface area contributed by atoms with Crippen LogP contribution in [-0.2, 0) is 0 Å². The molecule has 0 spiro atoms. The van der Waals surface area contributed by atoms with Crippen molar-refractivity contribution < 1.29 is 0 Å². The number of hydrogen-bond donors (Lipinski definition) is 0. The van der Waals surface area contributed by atoms with Crippen LogP contribution in [0.15, 0.2) is 0 Å². The third-order valence-corrected chi connectivity index (χ3v) is 8.22. The van der Waals surface area contributed by atoms with E-state index in [2.05, 4.69) is 10.8 Å². The van der Waals surface area contributed by atoms with E-state index in [1.165, 1.54) is 0 Å². The van der Waals surface area contributed by atoms with Crippen molar-refractivity contribution in [2.45, 2.75) is 14.2 Å². The first-order chi connectivity index (χ1) is 2.41. The van der Waals surface area contributed by atoms with E-state index in [1.807, 2.05) is 0 Å². The van der Waals surface area contributed by atoms with E-state index in [0.717, 1.165) is 15.0 Å². The van der Waals surface area contributed by atoms with Crippen molar-refractivity contribution in [1.82, 2.24) is 0 Å². The van der Waals surface area contributed by atoms with Gasteiger partial charge in [0.2, 0.25) is 0 Å². The van der Waals surface area contributed by atoms with E-state index in [1.54, 1.807) is 3.37 Å². The van der Waals surface area contributed by atoms with Crippen LogP contribution in [0.4, 0.5) is 0 Å². The maximum atomic E-state index is 2.36. The Morgan fingerprint density at radius 3 is 2.40 bits per heavy atom. The van der Waals surface area contributed by atoms with Crippen molar-refractivity contribution in [3.05, 3.63) is 0 Å². The van der Waals surface area contributed by atoms with Gasteiger partial charge in [-0.2, -0.15) is 0 Å². The molecule has 0 bridgehead atoms. The van der Waals surface area contributed by atoms with Crippen LogP contribution in [0.1, 0.15) is 0 Å². The van der Waals surface area contributed by atoms with Crippen LogP contribution in [0.25, 0.3) is 0 Å². The third kappa shape index (κ3) is 5.31. The molecule has 0 aliphatic carbocycles. The molecule has 0 heterocycles. The maximum absolute atomic E-state index is 2.36. The molecule has 0 aromatic carbocycles. The molecule has 0 fully saturated rings. The molecule has 0 atom stereocenters. The molecule has 0 aromatic rings. The van der Waals surface area contributed by atoms with Gasteiger partial charge in [0.1, 0.15) is 0 Å².